The molecular weight excluding hydrogens is 422 g/mol. The van der Waals surface area contributed by atoms with Gasteiger partial charge in [0.25, 0.3) is 0 Å². The van der Waals surface area contributed by atoms with Crippen LogP contribution >= 0.6 is 24.0 Å². The Morgan fingerprint density at radius 1 is 1.38 bits per heavy atom. The standard InChI is InChI=1S/C17H25FN4O.HI/c1-4-6-7-12-22(3)17(19-5-2)20-13-16(23)21-15-10-8-14(18)9-11-15;/h4,8-11H,1,5-7,12-13H2,2-3H3,(H,19,20)(H,21,23);1H. The highest BCUT2D eigenvalue weighted by molar-refractivity contribution is 14.0. The highest BCUT2D eigenvalue weighted by Crippen LogP contribution is 2.07. The van der Waals surface area contributed by atoms with Gasteiger partial charge in [0.1, 0.15) is 12.4 Å². The molecule has 5 nitrogen and oxygen atoms in total. The van der Waals surface area contributed by atoms with E-state index < -0.39 is 0 Å². The molecule has 1 aromatic rings. The highest BCUT2D eigenvalue weighted by Gasteiger charge is 2.07. The first-order valence-corrected chi connectivity index (χ1v) is 7.72. The van der Waals surface area contributed by atoms with Crippen molar-refractivity contribution in [1.82, 2.24) is 10.2 Å². The van der Waals surface area contributed by atoms with Crippen molar-refractivity contribution in [2.75, 3.05) is 32.0 Å². The molecule has 7 heteroatoms. The third-order valence-corrected chi connectivity index (χ3v) is 3.10. The van der Waals surface area contributed by atoms with Gasteiger partial charge in [-0.1, -0.05) is 6.08 Å². The summed E-state index contributed by atoms with van der Waals surface area (Å²) in [4.78, 5) is 18.2. The molecule has 134 valence electrons. The average molecular weight is 448 g/mol. The van der Waals surface area contributed by atoms with Crippen LogP contribution < -0.4 is 10.6 Å². The zero-order valence-electron chi connectivity index (χ0n) is 14.2. The molecule has 24 heavy (non-hydrogen) atoms. The molecule has 1 amide bonds. The Balaban J connectivity index is 0.00000529. The van der Waals surface area contributed by atoms with Crippen molar-refractivity contribution in [2.24, 2.45) is 4.99 Å². The van der Waals surface area contributed by atoms with Crippen LogP contribution in [0.2, 0.25) is 0 Å². The van der Waals surface area contributed by atoms with Crippen LogP contribution in [-0.4, -0.2) is 43.4 Å². The zero-order valence-corrected chi connectivity index (χ0v) is 16.5. The number of carbonyl (C=O) groups excluding carboxylic acids is 1. The van der Waals surface area contributed by atoms with Gasteiger partial charge in [-0.2, -0.15) is 0 Å². The smallest absolute Gasteiger partial charge is 0.246 e. The van der Waals surface area contributed by atoms with E-state index in [1.54, 1.807) is 0 Å². The molecule has 2 N–H and O–H groups in total. The fourth-order valence-electron chi connectivity index (χ4n) is 1.93. The van der Waals surface area contributed by atoms with Gasteiger partial charge in [0, 0.05) is 25.8 Å². The van der Waals surface area contributed by atoms with Crippen LogP contribution in [-0.2, 0) is 4.79 Å². The Labute approximate surface area is 160 Å². The number of allylic oxidation sites excluding steroid dienone is 1. The molecule has 0 saturated heterocycles. The number of hydrogen-bond acceptors (Lipinski definition) is 2. The van der Waals surface area contributed by atoms with Gasteiger partial charge >= 0.3 is 0 Å². The molecule has 0 radical (unpaired) electrons. The van der Waals surface area contributed by atoms with E-state index in [9.17, 15) is 9.18 Å². The molecular formula is C17H26FIN4O. The minimum atomic E-state index is -0.336. The lowest BCUT2D eigenvalue weighted by Crippen LogP contribution is -2.40. The van der Waals surface area contributed by atoms with Crippen LogP contribution in [0.15, 0.2) is 41.9 Å². The number of guanidine groups is 1. The molecule has 0 bridgehead atoms. The monoisotopic (exact) mass is 448 g/mol. The maximum absolute atomic E-state index is 12.8. The van der Waals surface area contributed by atoms with Crippen LogP contribution in [0, 0.1) is 5.82 Å². The Morgan fingerprint density at radius 3 is 2.62 bits per heavy atom. The predicted molar refractivity (Wildman–Crippen MR) is 108 cm³/mol. The van der Waals surface area contributed by atoms with Crippen LogP contribution in [0.5, 0.6) is 0 Å². The van der Waals surface area contributed by atoms with E-state index in [1.807, 2.05) is 24.9 Å². The molecule has 0 unspecified atom stereocenters. The number of carbonyl (C=O) groups is 1. The predicted octanol–water partition coefficient (Wildman–Crippen LogP) is 3.25. The van der Waals surface area contributed by atoms with E-state index in [0.717, 1.165) is 25.9 Å². The Kier molecular flexibility index (Phi) is 11.9. The number of hydrogen-bond donors (Lipinski definition) is 2. The van der Waals surface area contributed by atoms with Gasteiger partial charge in [-0.3, -0.25) is 4.79 Å². The van der Waals surface area contributed by atoms with E-state index >= 15 is 0 Å². The Bertz CT molecular complexity index is 534. The summed E-state index contributed by atoms with van der Waals surface area (Å²) in [5.41, 5.74) is 0.552. The fraction of sp³-hybridized carbons (Fsp3) is 0.412. The van der Waals surface area contributed by atoms with Crippen molar-refractivity contribution in [3.8, 4) is 0 Å². The first-order chi connectivity index (χ1) is 11.1. The van der Waals surface area contributed by atoms with Crippen molar-refractivity contribution in [3.63, 3.8) is 0 Å². The molecule has 0 saturated carbocycles. The SMILES string of the molecule is C=CCCCN(C)C(=NCC(=O)Nc1ccc(F)cc1)NCC.I. The first-order valence-electron chi connectivity index (χ1n) is 7.72. The Hall–Kier alpha value is -1.64. The largest absolute Gasteiger partial charge is 0.357 e. The van der Waals surface area contributed by atoms with Crippen molar-refractivity contribution >= 4 is 41.5 Å². The molecule has 0 aliphatic heterocycles. The second-order valence-corrected chi connectivity index (χ2v) is 5.08. The molecule has 0 aliphatic rings. The van der Waals surface area contributed by atoms with E-state index in [-0.39, 0.29) is 42.2 Å². The summed E-state index contributed by atoms with van der Waals surface area (Å²) in [5.74, 6) is 0.105. The topological polar surface area (TPSA) is 56.7 Å². The van der Waals surface area contributed by atoms with Gasteiger partial charge < -0.3 is 15.5 Å². The lowest BCUT2D eigenvalue weighted by Gasteiger charge is -2.21. The van der Waals surface area contributed by atoms with E-state index in [4.69, 9.17) is 0 Å². The summed E-state index contributed by atoms with van der Waals surface area (Å²) in [6, 6.07) is 5.64. The van der Waals surface area contributed by atoms with Gasteiger partial charge in [0.15, 0.2) is 5.96 Å². The summed E-state index contributed by atoms with van der Waals surface area (Å²) in [6.45, 7) is 7.24. The molecule has 0 aromatic heterocycles. The number of halogens is 2. The van der Waals surface area contributed by atoms with Crippen molar-refractivity contribution in [1.29, 1.82) is 0 Å². The first kappa shape index (κ1) is 22.4. The van der Waals surface area contributed by atoms with Crippen molar-refractivity contribution in [3.05, 3.63) is 42.7 Å². The molecule has 1 aromatic carbocycles. The molecule has 0 heterocycles. The average Bonchev–Trinajstić information content (AvgIpc) is 2.53. The van der Waals surface area contributed by atoms with Crippen LogP contribution in [0.4, 0.5) is 10.1 Å². The molecule has 1 rings (SSSR count). The summed E-state index contributed by atoms with van der Waals surface area (Å²) < 4.78 is 12.8. The molecule has 0 atom stereocenters. The second-order valence-electron chi connectivity index (χ2n) is 5.08. The van der Waals surface area contributed by atoms with Crippen LogP contribution in [0.3, 0.4) is 0 Å². The molecule has 0 aliphatic carbocycles. The lowest BCUT2D eigenvalue weighted by molar-refractivity contribution is -0.114. The maximum Gasteiger partial charge on any atom is 0.246 e. The quantitative estimate of drug-likeness (QED) is 0.211. The number of rotatable bonds is 8. The van der Waals surface area contributed by atoms with Crippen LogP contribution in [0.1, 0.15) is 19.8 Å². The van der Waals surface area contributed by atoms with Crippen LogP contribution in [0.25, 0.3) is 0 Å². The molecule has 0 spiro atoms. The van der Waals surface area contributed by atoms with Gasteiger partial charge in [-0.25, -0.2) is 9.38 Å². The van der Waals surface area contributed by atoms with Gasteiger partial charge in [-0.15, -0.1) is 30.6 Å². The number of amides is 1. The second kappa shape index (κ2) is 12.7. The number of nitrogens with one attached hydrogen (secondary N) is 2. The Morgan fingerprint density at radius 2 is 2.04 bits per heavy atom. The summed E-state index contributed by atoms with van der Waals surface area (Å²) in [7, 11) is 1.93. The number of nitrogens with zero attached hydrogens (tertiary/aromatic N) is 2. The minimum absolute atomic E-state index is 0. The van der Waals surface area contributed by atoms with Gasteiger partial charge in [-0.05, 0) is 44.0 Å². The normalized spacial score (nSPS) is 10.5. The third kappa shape index (κ3) is 8.85. The lowest BCUT2D eigenvalue weighted by atomic mass is 10.3. The summed E-state index contributed by atoms with van der Waals surface area (Å²) in [5, 5.41) is 5.84. The van der Waals surface area contributed by atoms with Gasteiger partial charge in [0.05, 0.1) is 0 Å². The minimum Gasteiger partial charge on any atom is -0.357 e. The van der Waals surface area contributed by atoms with Crippen molar-refractivity contribution < 1.29 is 9.18 Å². The zero-order chi connectivity index (χ0) is 17.1. The fourth-order valence-corrected chi connectivity index (χ4v) is 1.93. The summed E-state index contributed by atoms with van der Waals surface area (Å²) in [6.07, 6.45) is 3.80. The van der Waals surface area contributed by atoms with Crippen molar-refractivity contribution in [2.45, 2.75) is 19.8 Å². The number of benzene rings is 1. The molecule has 0 fully saturated rings. The summed E-state index contributed by atoms with van der Waals surface area (Å²) >= 11 is 0. The third-order valence-electron chi connectivity index (χ3n) is 3.10. The highest BCUT2D eigenvalue weighted by atomic mass is 127. The number of unbranched alkanes of at least 4 members (excludes halogenated alkanes) is 1. The van der Waals surface area contributed by atoms with E-state index in [1.165, 1.54) is 24.3 Å². The van der Waals surface area contributed by atoms with E-state index in [0.29, 0.717) is 11.6 Å². The number of aliphatic imine (C=N–C) groups is 1. The maximum atomic E-state index is 12.8. The van der Waals surface area contributed by atoms with E-state index in [2.05, 4.69) is 22.2 Å². The number of anilines is 1. The van der Waals surface area contributed by atoms with Gasteiger partial charge in [0.2, 0.25) is 5.91 Å².